The fourth-order valence-corrected chi connectivity index (χ4v) is 1.51. The lowest BCUT2D eigenvalue weighted by Crippen LogP contribution is -1.98. The quantitative estimate of drug-likeness (QED) is 0.520. The first-order chi connectivity index (χ1) is 5.70. The van der Waals surface area contributed by atoms with Gasteiger partial charge in [-0.2, -0.15) is 0 Å². The normalized spacial score (nSPS) is 10.2. The van der Waals surface area contributed by atoms with E-state index in [1.54, 1.807) is 12.1 Å². The zero-order valence-corrected chi connectivity index (χ0v) is 7.59. The van der Waals surface area contributed by atoms with Crippen molar-refractivity contribution in [2.75, 3.05) is 5.73 Å². The molecule has 0 amide bonds. The van der Waals surface area contributed by atoms with Crippen LogP contribution < -0.4 is 5.73 Å². The van der Waals surface area contributed by atoms with Gasteiger partial charge in [-0.25, -0.2) is 0 Å². The van der Waals surface area contributed by atoms with Crippen molar-refractivity contribution >= 4 is 5.69 Å². The molecule has 0 saturated heterocycles. The maximum Gasteiger partial charge on any atom is 0.119 e. The summed E-state index contributed by atoms with van der Waals surface area (Å²) in [6.45, 7) is 4.07. The molecule has 1 aromatic rings. The van der Waals surface area contributed by atoms with Gasteiger partial charge in [-0.1, -0.05) is 13.8 Å². The molecule has 0 aliphatic heterocycles. The molecule has 0 heterocycles. The SMILES string of the molecule is CCc1c(N)ccc(O)c1CC. The highest BCUT2D eigenvalue weighted by atomic mass is 16.3. The van der Waals surface area contributed by atoms with Crippen molar-refractivity contribution in [3.63, 3.8) is 0 Å². The highest BCUT2D eigenvalue weighted by Gasteiger charge is 2.06. The van der Waals surface area contributed by atoms with Gasteiger partial charge in [-0.15, -0.1) is 0 Å². The monoisotopic (exact) mass is 165 g/mol. The molecule has 0 fully saturated rings. The van der Waals surface area contributed by atoms with E-state index in [1.807, 2.05) is 13.8 Å². The molecule has 12 heavy (non-hydrogen) atoms. The number of rotatable bonds is 2. The molecule has 3 N–H and O–H groups in total. The average Bonchev–Trinajstić information content (AvgIpc) is 2.08. The van der Waals surface area contributed by atoms with Gasteiger partial charge in [0.15, 0.2) is 0 Å². The predicted octanol–water partition coefficient (Wildman–Crippen LogP) is 2.10. The van der Waals surface area contributed by atoms with Gasteiger partial charge >= 0.3 is 0 Å². The molecule has 1 aromatic carbocycles. The molecule has 2 heteroatoms. The summed E-state index contributed by atoms with van der Waals surface area (Å²) in [5.74, 6) is 0.364. The van der Waals surface area contributed by atoms with E-state index in [9.17, 15) is 5.11 Å². The summed E-state index contributed by atoms with van der Waals surface area (Å²) in [5, 5.41) is 9.49. The van der Waals surface area contributed by atoms with Crippen LogP contribution in [0.25, 0.3) is 0 Å². The number of hydrogen-bond donors (Lipinski definition) is 2. The molecule has 0 aliphatic carbocycles. The van der Waals surface area contributed by atoms with E-state index in [-0.39, 0.29) is 0 Å². The largest absolute Gasteiger partial charge is 0.508 e. The molecule has 0 bridgehead atoms. The molecule has 1 rings (SSSR count). The lowest BCUT2D eigenvalue weighted by Gasteiger charge is -2.10. The first-order valence-corrected chi connectivity index (χ1v) is 4.29. The Balaban J connectivity index is 3.28. The summed E-state index contributed by atoms with van der Waals surface area (Å²) >= 11 is 0. The maximum atomic E-state index is 9.49. The van der Waals surface area contributed by atoms with Crippen molar-refractivity contribution in [2.45, 2.75) is 26.7 Å². The van der Waals surface area contributed by atoms with E-state index in [2.05, 4.69) is 0 Å². The van der Waals surface area contributed by atoms with Gasteiger partial charge in [0.05, 0.1) is 0 Å². The van der Waals surface area contributed by atoms with Crippen LogP contribution in [0.4, 0.5) is 5.69 Å². The number of benzene rings is 1. The van der Waals surface area contributed by atoms with E-state index in [1.165, 1.54) is 0 Å². The second-order valence-corrected chi connectivity index (χ2v) is 2.84. The summed E-state index contributed by atoms with van der Waals surface area (Å²) < 4.78 is 0. The standard InChI is InChI=1S/C10H15NO/c1-3-7-8(4-2)10(12)6-5-9(7)11/h5-6,12H,3-4,11H2,1-2H3. The average molecular weight is 165 g/mol. The molecular weight excluding hydrogens is 150 g/mol. The minimum absolute atomic E-state index is 0.364. The van der Waals surface area contributed by atoms with Gasteiger partial charge in [0.2, 0.25) is 0 Å². The van der Waals surface area contributed by atoms with Crippen molar-refractivity contribution < 1.29 is 5.11 Å². The molecule has 0 aromatic heterocycles. The lowest BCUT2D eigenvalue weighted by molar-refractivity contribution is 0.468. The molecule has 0 aliphatic rings. The zero-order chi connectivity index (χ0) is 9.14. The highest BCUT2D eigenvalue weighted by Crippen LogP contribution is 2.26. The van der Waals surface area contributed by atoms with Gasteiger partial charge in [-0.05, 0) is 36.1 Å². The fourth-order valence-electron chi connectivity index (χ4n) is 1.51. The van der Waals surface area contributed by atoms with E-state index in [0.717, 1.165) is 29.7 Å². The molecule has 0 unspecified atom stereocenters. The molecule has 0 spiro atoms. The molecule has 0 atom stereocenters. The Kier molecular flexibility index (Phi) is 2.58. The fraction of sp³-hybridized carbons (Fsp3) is 0.400. The van der Waals surface area contributed by atoms with Crippen molar-refractivity contribution in [2.24, 2.45) is 0 Å². The third-order valence-corrected chi connectivity index (χ3v) is 2.15. The Bertz CT molecular complexity index is 252. The summed E-state index contributed by atoms with van der Waals surface area (Å²) in [4.78, 5) is 0. The van der Waals surface area contributed by atoms with Crippen LogP contribution in [0.5, 0.6) is 5.75 Å². The Morgan fingerprint density at radius 2 is 1.75 bits per heavy atom. The van der Waals surface area contributed by atoms with Crippen LogP contribution in [-0.2, 0) is 12.8 Å². The van der Waals surface area contributed by atoms with Crippen LogP contribution in [0.15, 0.2) is 12.1 Å². The molecular formula is C10H15NO. The topological polar surface area (TPSA) is 46.2 Å². The van der Waals surface area contributed by atoms with E-state index in [4.69, 9.17) is 5.73 Å². The Morgan fingerprint density at radius 1 is 1.17 bits per heavy atom. The summed E-state index contributed by atoms with van der Waals surface area (Å²) in [6, 6.07) is 3.42. The summed E-state index contributed by atoms with van der Waals surface area (Å²) in [5.41, 5.74) is 8.61. The first-order valence-electron chi connectivity index (χ1n) is 4.29. The van der Waals surface area contributed by atoms with Gasteiger partial charge < -0.3 is 10.8 Å². The molecule has 2 nitrogen and oxygen atoms in total. The van der Waals surface area contributed by atoms with Crippen LogP contribution in [0.2, 0.25) is 0 Å². The number of aromatic hydroxyl groups is 1. The number of nitrogens with two attached hydrogens (primary N) is 1. The number of nitrogen functional groups attached to an aromatic ring is 1. The third kappa shape index (κ3) is 1.37. The minimum Gasteiger partial charge on any atom is -0.508 e. The van der Waals surface area contributed by atoms with Crippen LogP contribution in [-0.4, -0.2) is 5.11 Å². The number of hydrogen-bond acceptors (Lipinski definition) is 2. The van der Waals surface area contributed by atoms with Gasteiger partial charge in [0.1, 0.15) is 5.75 Å². The smallest absolute Gasteiger partial charge is 0.119 e. The first kappa shape index (κ1) is 8.91. The van der Waals surface area contributed by atoms with Gasteiger partial charge in [0.25, 0.3) is 0 Å². The second-order valence-electron chi connectivity index (χ2n) is 2.84. The van der Waals surface area contributed by atoms with Crippen LogP contribution >= 0.6 is 0 Å². The van der Waals surface area contributed by atoms with Crippen molar-refractivity contribution in [3.8, 4) is 5.75 Å². The molecule has 0 radical (unpaired) electrons. The third-order valence-electron chi connectivity index (χ3n) is 2.15. The Labute approximate surface area is 73.0 Å². The lowest BCUT2D eigenvalue weighted by atomic mass is 10.0. The highest BCUT2D eigenvalue weighted by molar-refractivity contribution is 5.56. The Hall–Kier alpha value is -1.18. The maximum absolute atomic E-state index is 9.49. The van der Waals surface area contributed by atoms with Crippen LogP contribution in [0.1, 0.15) is 25.0 Å². The minimum atomic E-state index is 0.364. The molecule has 0 saturated carbocycles. The van der Waals surface area contributed by atoms with Crippen molar-refractivity contribution in [3.05, 3.63) is 23.3 Å². The van der Waals surface area contributed by atoms with E-state index < -0.39 is 0 Å². The second kappa shape index (κ2) is 3.48. The van der Waals surface area contributed by atoms with Crippen LogP contribution in [0, 0.1) is 0 Å². The van der Waals surface area contributed by atoms with E-state index in [0.29, 0.717) is 5.75 Å². The zero-order valence-electron chi connectivity index (χ0n) is 7.59. The summed E-state index contributed by atoms with van der Waals surface area (Å²) in [7, 11) is 0. The van der Waals surface area contributed by atoms with Crippen LogP contribution in [0.3, 0.4) is 0 Å². The molecule has 66 valence electrons. The predicted molar refractivity (Wildman–Crippen MR) is 51.3 cm³/mol. The Morgan fingerprint density at radius 3 is 2.17 bits per heavy atom. The number of phenolic OH excluding ortho intramolecular Hbond substituents is 1. The number of phenols is 1. The van der Waals surface area contributed by atoms with E-state index >= 15 is 0 Å². The number of anilines is 1. The van der Waals surface area contributed by atoms with Gasteiger partial charge in [0, 0.05) is 5.69 Å². The van der Waals surface area contributed by atoms with Crippen molar-refractivity contribution in [1.29, 1.82) is 0 Å². The summed E-state index contributed by atoms with van der Waals surface area (Å²) in [6.07, 6.45) is 1.71. The van der Waals surface area contributed by atoms with Crippen molar-refractivity contribution in [1.82, 2.24) is 0 Å². The van der Waals surface area contributed by atoms with Gasteiger partial charge in [-0.3, -0.25) is 0 Å².